The monoisotopic (exact) mass is 203 g/mol. The number of aromatic hydroxyl groups is 1. The van der Waals surface area contributed by atoms with Crippen LogP contribution in [0.3, 0.4) is 0 Å². The zero-order valence-corrected chi connectivity index (χ0v) is 8.24. The van der Waals surface area contributed by atoms with Crippen LogP contribution in [0.2, 0.25) is 0 Å². The summed E-state index contributed by atoms with van der Waals surface area (Å²) in [6.45, 7) is 0. The van der Waals surface area contributed by atoms with Gasteiger partial charge in [0.1, 0.15) is 5.75 Å². The molecular weight excluding hydrogens is 194 g/mol. The van der Waals surface area contributed by atoms with Crippen molar-refractivity contribution in [3.05, 3.63) is 48.8 Å². The van der Waals surface area contributed by atoms with E-state index in [2.05, 4.69) is 4.98 Å². The summed E-state index contributed by atoms with van der Waals surface area (Å²) < 4.78 is 0. The summed E-state index contributed by atoms with van der Waals surface area (Å²) in [5.74, 6) is 0.295. The summed E-state index contributed by atoms with van der Waals surface area (Å²) in [7, 11) is 0. The fourth-order valence-corrected chi connectivity index (χ4v) is 1.86. The minimum atomic E-state index is 0.295. The van der Waals surface area contributed by atoms with Gasteiger partial charge in [0.15, 0.2) is 0 Å². The van der Waals surface area contributed by atoms with Crippen LogP contribution >= 0.6 is 11.8 Å². The highest BCUT2D eigenvalue weighted by atomic mass is 32.2. The van der Waals surface area contributed by atoms with Gasteiger partial charge in [-0.1, -0.05) is 11.8 Å². The van der Waals surface area contributed by atoms with Crippen molar-refractivity contribution in [1.29, 1.82) is 0 Å². The molecule has 0 aliphatic heterocycles. The molecule has 2 aromatic rings. The average molecular weight is 203 g/mol. The van der Waals surface area contributed by atoms with Crippen LogP contribution in [0.15, 0.2) is 58.6 Å². The van der Waals surface area contributed by atoms with Crippen LogP contribution in [0.25, 0.3) is 0 Å². The van der Waals surface area contributed by atoms with Crippen molar-refractivity contribution in [2.45, 2.75) is 9.79 Å². The predicted molar refractivity (Wildman–Crippen MR) is 56.5 cm³/mol. The normalized spacial score (nSPS) is 10.0. The molecule has 0 saturated heterocycles. The Kier molecular flexibility index (Phi) is 2.70. The lowest BCUT2D eigenvalue weighted by molar-refractivity contribution is 0.475. The van der Waals surface area contributed by atoms with Crippen LogP contribution < -0.4 is 0 Å². The van der Waals surface area contributed by atoms with Crippen molar-refractivity contribution in [3.8, 4) is 5.75 Å². The van der Waals surface area contributed by atoms with Crippen LogP contribution in [0.1, 0.15) is 0 Å². The molecule has 3 heteroatoms. The number of benzene rings is 1. The maximum Gasteiger partial charge on any atom is 0.115 e. The number of hydrogen-bond acceptors (Lipinski definition) is 3. The molecule has 0 unspecified atom stereocenters. The molecule has 2 nitrogen and oxygen atoms in total. The highest BCUT2D eigenvalue weighted by Crippen LogP contribution is 2.27. The van der Waals surface area contributed by atoms with Gasteiger partial charge in [-0.3, -0.25) is 4.98 Å². The zero-order chi connectivity index (χ0) is 9.80. The first-order valence-electron chi connectivity index (χ1n) is 4.21. The summed E-state index contributed by atoms with van der Waals surface area (Å²) in [5, 5.41) is 9.10. The number of nitrogens with zero attached hydrogens (tertiary/aromatic N) is 1. The van der Waals surface area contributed by atoms with Crippen molar-refractivity contribution in [1.82, 2.24) is 4.98 Å². The fourth-order valence-electron chi connectivity index (χ4n) is 1.06. The third kappa shape index (κ3) is 2.26. The molecule has 1 aromatic carbocycles. The Labute approximate surface area is 86.6 Å². The SMILES string of the molecule is Oc1ccc(Sc2ccncc2)cc1. The fraction of sp³-hybridized carbons (Fsp3) is 0. The van der Waals surface area contributed by atoms with Crippen LogP contribution in [-0.2, 0) is 0 Å². The van der Waals surface area contributed by atoms with E-state index < -0.39 is 0 Å². The molecule has 0 spiro atoms. The van der Waals surface area contributed by atoms with Gasteiger partial charge in [-0.2, -0.15) is 0 Å². The lowest BCUT2D eigenvalue weighted by atomic mass is 10.3. The third-order valence-electron chi connectivity index (χ3n) is 1.72. The molecule has 14 heavy (non-hydrogen) atoms. The van der Waals surface area contributed by atoms with E-state index in [-0.39, 0.29) is 0 Å². The Morgan fingerprint density at radius 2 is 1.43 bits per heavy atom. The van der Waals surface area contributed by atoms with Crippen molar-refractivity contribution in [2.75, 3.05) is 0 Å². The van der Waals surface area contributed by atoms with Gasteiger partial charge in [0, 0.05) is 22.2 Å². The van der Waals surface area contributed by atoms with E-state index in [1.807, 2.05) is 24.3 Å². The predicted octanol–water partition coefficient (Wildman–Crippen LogP) is 2.94. The van der Waals surface area contributed by atoms with Gasteiger partial charge in [-0.25, -0.2) is 0 Å². The minimum absolute atomic E-state index is 0.295. The Balaban J connectivity index is 2.16. The van der Waals surface area contributed by atoms with Gasteiger partial charge in [-0.05, 0) is 36.4 Å². The van der Waals surface area contributed by atoms with E-state index in [1.165, 1.54) is 0 Å². The zero-order valence-electron chi connectivity index (χ0n) is 7.42. The Bertz CT molecular complexity index is 399. The molecule has 0 saturated carbocycles. The molecule has 0 aliphatic carbocycles. The molecule has 0 radical (unpaired) electrons. The molecule has 0 bridgehead atoms. The quantitative estimate of drug-likeness (QED) is 0.814. The largest absolute Gasteiger partial charge is 0.508 e. The van der Waals surface area contributed by atoms with Crippen molar-refractivity contribution in [2.24, 2.45) is 0 Å². The van der Waals surface area contributed by atoms with Gasteiger partial charge in [-0.15, -0.1) is 0 Å². The standard InChI is InChI=1S/C11H9NOS/c13-9-1-3-10(4-2-9)14-11-5-7-12-8-6-11/h1-8,13H. The number of hydrogen-bond donors (Lipinski definition) is 1. The summed E-state index contributed by atoms with van der Waals surface area (Å²) >= 11 is 1.65. The van der Waals surface area contributed by atoms with Crippen LogP contribution in [0, 0.1) is 0 Å². The Hall–Kier alpha value is -1.48. The number of rotatable bonds is 2. The maximum atomic E-state index is 9.10. The van der Waals surface area contributed by atoms with Crippen LogP contribution in [0.4, 0.5) is 0 Å². The van der Waals surface area contributed by atoms with Crippen molar-refractivity contribution in [3.63, 3.8) is 0 Å². The Morgan fingerprint density at radius 1 is 0.857 bits per heavy atom. The van der Waals surface area contributed by atoms with E-state index in [4.69, 9.17) is 5.11 Å². The molecule has 1 N–H and O–H groups in total. The van der Waals surface area contributed by atoms with Crippen LogP contribution in [0.5, 0.6) is 5.75 Å². The first-order valence-corrected chi connectivity index (χ1v) is 5.03. The van der Waals surface area contributed by atoms with Gasteiger partial charge < -0.3 is 5.11 Å². The summed E-state index contributed by atoms with van der Waals surface area (Å²) in [4.78, 5) is 6.20. The molecule has 0 aliphatic rings. The first-order chi connectivity index (χ1) is 6.84. The second kappa shape index (κ2) is 4.15. The molecule has 0 amide bonds. The molecule has 1 heterocycles. The van der Waals surface area contributed by atoms with E-state index in [9.17, 15) is 0 Å². The lowest BCUT2D eigenvalue weighted by Gasteiger charge is -2.00. The lowest BCUT2D eigenvalue weighted by Crippen LogP contribution is -1.74. The molecule has 2 rings (SSSR count). The van der Waals surface area contributed by atoms with Gasteiger partial charge in [0.25, 0.3) is 0 Å². The highest BCUT2D eigenvalue weighted by molar-refractivity contribution is 7.99. The molecule has 1 aromatic heterocycles. The van der Waals surface area contributed by atoms with E-state index in [0.717, 1.165) is 9.79 Å². The average Bonchev–Trinajstić information content (AvgIpc) is 2.23. The molecule has 0 atom stereocenters. The highest BCUT2D eigenvalue weighted by Gasteiger charge is 1.96. The molecule has 0 fully saturated rings. The number of aromatic nitrogens is 1. The number of phenolic OH excluding ortho intramolecular Hbond substituents is 1. The third-order valence-corrected chi connectivity index (χ3v) is 2.74. The summed E-state index contributed by atoms with van der Waals surface area (Å²) in [5.41, 5.74) is 0. The maximum absolute atomic E-state index is 9.10. The summed E-state index contributed by atoms with van der Waals surface area (Å²) in [6.07, 6.45) is 3.53. The smallest absolute Gasteiger partial charge is 0.115 e. The second-order valence-corrected chi connectivity index (χ2v) is 3.93. The first kappa shape index (κ1) is 9.09. The second-order valence-electron chi connectivity index (χ2n) is 2.78. The van der Waals surface area contributed by atoms with E-state index in [1.54, 1.807) is 36.3 Å². The van der Waals surface area contributed by atoms with E-state index >= 15 is 0 Å². The van der Waals surface area contributed by atoms with E-state index in [0.29, 0.717) is 5.75 Å². The Morgan fingerprint density at radius 3 is 2.07 bits per heavy atom. The van der Waals surface area contributed by atoms with Crippen molar-refractivity contribution < 1.29 is 5.11 Å². The number of phenols is 1. The minimum Gasteiger partial charge on any atom is -0.508 e. The van der Waals surface area contributed by atoms with Gasteiger partial charge in [0.2, 0.25) is 0 Å². The van der Waals surface area contributed by atoms with Crippen molar-refractivity contribution >= 4 is 11.8 Å². The van der Waals surface area contributed by atoms with Crippen LogP contribution in [-0.4, -0.2) is 10.1 Å². The van der Waals surface area contributed by atoms with Gasteiger partial charge in [0.05, 0.1) is 0 Å². The van der Waals surface area contributed by atoms with Gasteiger partial charge >= 0.3 is 0 Å². The topological polar surface area (TPSA) is 33.1 Å². The molecular formula is C11H9NOS. The molecule has 70 valence electrons. The summed E-state index contributed by atoms with van der Waals surface area (Å²) in [6, 6.07) is 11.1. The number of pyridine rings is 1.